The van der Waals surface area contributed by atoms with Gasteiger partial charge in [-0.3, -0.25) is 9.59 Å². The maximum Gasteiger partial charge on any atom is 0.219 e. The minimum Gasteiger partial charge on any atom is -0.338 e. The summed E-state index contributed by atoms with van der Waals surface area (Å²) in [6.45, 7) is 2.55. The number of Topliss-reactive ketones (excluding diaryl/α,β-unsaturated/α-hetero) is 1. The van der Waals surface area contributed by atoms with Crippen LogP contribution in [0.15, 0.2) is 22.7 Å². The Bertz CT molecular complexity index is 456. The highest BCUT2D eigenvalue weighted by Crippen LogP contribution is 2.26. The van der Waals surface area contributed by atoms with Crippen LogP contribution in [0.2, 0.25) is 0 Å². The van der Waals surface area contributed by atoms with Crippen molar-refractivity contribution in [2.24, 2.45) is 0 Å². The van der Waals surface area contributed by atoms with E-state index in [0.717, 1.165) is 15.6 Å². The van der Waals surface area contributed by atoms with Gasteiger partial charge in [0.2, 0.25) is 5.91 Å². The Morgan fingerprint density at radius 3 is 2.88 bits per heavy atom. The van der Waals surface area contributed by atoms with Crippen LogP contribution < -0.4 is 0 Å². The summed E-state index contributed by atoms with van der Waals surface area (Å²) >= 11 is 3.43. The molecular formula is C12H12BrNO2. The molecule has 0 fully saturated rings. The van der Waals surface area contributed by atoms with Gasteiger partial charge >= 0.3 is 0 Å². The molecule has 0 N–H and O–H groups in total. The highest BCUT2D eigenvalue weighted by molar-refractivity contribution is 9.10. The molecule has 0 aromatic heterocycles. The number of rotatable bonds is 0. The van der Waals surface area contributed by atoms with Crippen molar-refractivity contribution in [1.82, 2.24) is 4.90 Å². The highest BCUT2D eigenvalue weighted by Gasteiger charge is 2.22. The van der Waals surface area contributed by atoms with E-state index in [4.69, 9.17) is 0 Å². The Morgan fingerprint density at radius 2 is 2.19 bits per heavy atom. The zero-order chi connectivity index (χ0) is 11.7. The molecule has 1 aromatic carbocycles. The van der Waals surface area contributed by atoms with Crippen LogP contribution in [0.1, 0.15) is 29.3 Å². The summed E-state index contributed by atoms with van der Waals surface area (Å²) < 4.78 is 0.895. The van der Waals surface area contributed by atoms with Crippen molar-refractivity contribution in [2.75, 3.05) is 6.54 Å². The number of amides is 1. The second-order valence-corrected chi connectivity index (χ2v) is 4.73. The van der Waals surface area contributed by atoms with Gasteiger partial charge in [0.1, 0.15) is 0 Å². The topological polar surface area (TPSA) is 37.4 Å². The fourth-order valence-electron chi connectivity index (χ4n) is 1.89. The van der Waals surface area contributed by atoms with Crippen LogP contribution in [-0.4, -0.2) is 23.1 Å². The number of halogens is 1. The van der Waals surface area contributed by atoms with Gasteiger partial charge in [0.25, 0.3) is 0 Å². The molecule has 0 saturated heterocycles. The maximum atomic E-state index is 11.9. The lowest BCUT2D eigenvalue weighted by Gasteiger charge is -2.18. The third-order valence-electron chi connectivity index (χ3n) is 2.82. The van der Waals surface area contributed by atoms with Gasteiger partial charge in [0.05, 0.1) is 0 Å². The zero-order valence-electron chi connectivity index (χ0n) is 9.00. The SMILES string of the molecule is CC(=O)N1CCC(=O)c2cccc(Br)c2C1. The van der Waals surface area contributed by atoms with Crippen molar-refractivity contribution in [2.45, 2.75) is 19.9 Å². The Morgan fingerprint density at radius 1 is 1.44 bits per heavy atom. The molecule has 84 valence electrons. The van der Waals surface area contributed by atoms with Crippen molar-refractivity contribution in [1.29, 1.82) is 0 Å². The van der Waals surface area contributed by atoms with Crippen LogP contribution in [0.5, 0.6) is 0 Å². The monoisotopic (exact) mass is 281 g/mol. The van der Waals surface area contributed by atoms with Crippen LogP contribution >= 0.6 is 15.9 Å². The van der Waals surface area contributed by atoms with E-state index in [0.29, 0.717) is 19.5 Å². The minimum absolute atomic E-state index is 0.0106. The summed E-state index contributed by atoms with van der Waals surface area (Å²) in [5.41, 5.74) is 1.65. The number of carbonyl (C=O) groups excluding carboxylic acids is 2. The second-order valence-electron chi connectivity index (χ2n) is 3.88. The predicted octanol–water partition coefficient (Wildman–Crippen LogP) is 2.38. The second kappa shape index (κ2) is 4.37. The van der Waals surface area contributed by atoms with E-state index in [1.807, 2.05) is 18.2 Å². The minimum atomic E-state index is 0.0106. The molecule has 0 unspecified atom stereocenters. The molecule has 0 atom stereocenters. The fraction of sp³-hybridized carbons (Fsp3) is 0.333. The lowest BCUT2D eigenvalue weighted by atomic mass is 10.0. The van der Waals surface area contributed by atoms with Crippen molar-refractivity contribution >= 4 is 27.6 Å². The van der Waals surface area contributed by atoms with Crippen molar-refractivity contribution < 1.29 is 9.59 Å². The molecular weight excluding hydrogens is 270 g/mol. The fourth-order valence-corrected chi connectivity index (χ4v) is 2.38. The Hall–Kier alpha value is -1.16. The zero-order valence-corrected chi connectivity index (χ0v) is 10.6. The first-order valence-electron chi connectivity index (χ1n) is 5.15. The maximum absolute atomic E-state index is 11.9. The van der Waals surface area contributed by atoms with Gasteiger partial charge in [0, 0.05) is 36.5 Å². The van der Waals surface area contributed by atoms with E-state index < -0.39 is 0 Å². The average molecular weight is 282 g/mol. The van der Waals surface area contributed by atoms with Gasteiger partial charge < -0.3 is 4.90 Å². The summed E-state index contributed by atoms with van der Waals surface area (Å²) in [4.78, 5) is 24.9. The first kappa shape index (κ1) is 11.3. The van der Waals surface area contributed by atoms with Crippen LogP contribution in [0, 0.1) is 0 Å². The van der Waals surface area contributed by atoms with Gasteiger partial charge in [-0.25, -0.2) is 0 Å². The lowest BCUT2D eigenvalue weighted by Crippen LogP contribution is -2.28. The molecule has 16 heavy (non-hydrogen) atoms. The Balaban J connectivity index is 2.46. The normalized spacial score (nSPS) is 15.6. The highest BCUT2D eigenvalue weighted by atomic mass is 79.9. The molecule has 0 aliphatic carbocycles. The summed E-state index contributed by atoms with van der Waals surface area (Å²) in [5, 5.41) is 0. The average Bonchev–Trinajstić information content (AvgIpc) is 2.40. The quantitative estimate of drug-likeness (QED) is 0.732. The lowest BCUT2D eigenvalue weighted by molar-refractivity contribution is -0.129. The van der Waals surface area contributed by atoms with E-state index in [1.165, 1.54) is 6.92 Å². The molecule has 1 aromatic rings. The molecule has 0 saturated carbocycles. The molecule has 1 aliphatic heterocycles. The van der Waals surface area contributed by atoms with E-state index >= 15 is 0 Å². The summed E-state index contributed by atoms with van der Waals surface area (Å²) in [7, 11) is 0. The summed E-state index contributed by atoms with van der Waals surface area (Å²) in [6.07, 6.45) is 0.406. The third kappa shape index (κ3) is 2.02. The number of ketones is 1. The first-order valence-corrected chi connectivity index (χ1v) is 5.95. The number of benzene rings is 1. The van der Waals surface area contributed by atoms with Crippen molar-refractivity contribution in [3.63, 3.8) is 0 Å². The molecule has 4 heteroatoms. The van der Waals surface area contributed by atoms with Crippen LogP contribution in [-0.2, 0) is 11.3 Å². The van der Waals surface area contributed by atoms with E-state index in [2.05, 4.69) is 15.9 Å². The van der Waals surface area contributed by atoms with E-state index in [9.17, 15) is 9.59 Å². The van der Waals surface area contributed by atoms with Crippen LogP contribution in [0.3, 0.4) is 0 Å². The summed E-state index contributed by atoms with van der Waals surface area (Å²) in [5.74, 6) is 0.122. The van der Waals surface area contributed by atoms with Gasteiger partial charge in [0.15, 0.2) is 5.78 Å². The van der Waals surface area contributed by atoms with Gasteiger partial charge in [-0.05, 0) is 11.6 Å². The Kier molecular flexibility index (Phi) is 3.10. The molecule has 0 radical (unpaired) electrons. The van der Waals surface area contributed by atoms with Crippen molar-refractivity contribution in [3.05, 3.63) is 33.8 Å². The van der Waals surface area contributed by atoms with E-state index in [1.54, 1.807) is 4.90 Å². The van der Waals surface area contributed by atoms with Gasteiger partial charge in [-0.15, -0.1) is 0 Å². The molecule has 1 aliphatic rings. The number of hydrogen-bond donors (Lipinski definition) is 0. The van der Waals surface area contributed by atoms with Gasteiger partial charge in [-0.2, -0.15) is 0 Å². The predicted molar refractivity (Wildman–Crippen MR) is 64.2 cm³/mol. The number of hydrogen-bond acceptors (Lipinski definition) is 2. The standard InChI is InChI=1S/C12H12BrNO2/c1-8(15)14-6-5-12(16)9-3-2-4-11(13)10(9)7-14/h2-4H,5-7H2,1H3. The van der Waals surface area contributed by atoms with E-state index in [-0.39, 0.29) is 11.7 Å². The molecule has 1 heterocycles. The smallest absolute Gasteiger partial charge is 0.219 e. The largest absolute Gasteiger partial charge is 0.338 e. The van der Waals surface area contributed by atoms with Crippen LogP contribution in [0.25, 0.3) is 0 Å². The first-order chi connectivity index (χ1) is 7.59. The van der Waals surface area contributed by atoms with Crippen LogP contribution in [0.4, 0.5) is 0 Å². The third-order valence-corrected chi connectivity index (χ3v) is 3.57. The number of nitrogens with zero attached hydrogens (tertiary/aromatic N) is 1. The molecule has 0 spiro atoms. The number of carbonyl (C=O) groups is 2. The molecule has 1 amide bonds. The number of fused-ring (bicyclic) bond motifs is 1. The Labute approximate surface area is 103 Å². The van der Waals surface area contributed by atoms with Gasteiger partial charge in [-0.1, -0.05) is 28.1 Å². The molecule has 2 rings (SSSR count). The molecule has 3 nitrogen and oxygen atoms in total. The van der Waals surface area contributed by atoms with Crippen molar-refractivity contribution in [3.8, 4) is 0 Å². The molecule has 0 bridgehead atoms. The summed E-state index contributed by atoms with van der Waals surface area (Å²) in [6, 6.07) is 5.58.